The first-order valence-corrected chi connectivity index (χ1v) is 8.00. The number of amides is 1. The molecule has 4 nitrogen and oxygen atoms in total. The van der Waals surface area contributed by atoms with E-state index in [1.54, 1.807) is 24.3 Å². The lowest BCUT2D eigenvalue weighted by atomic mass is 9.95. The van der Waals surface area contributed by atoms with Crippen LogP contribution in [0.5, 0.6) is 5.75 Å². The first-order valence-electron chi connectivity index (χ1n) is 8.00. The molecule has 2 aromatic rings. The molecular formula is C19H20FNO3. The predicted octanol–water partition coefficient (Wildman–Crippen LogP) is 2.41. The summed E-state index contributed by atoms with van der Waals surface area (Å²) < 4.78 is 18.5. The lowest BCUT2D eigenvalue weighted by Gasteiger charge is -2.18. The summed E-state index contributed by atoms with van der Waals surface area (Å²) in [6.07, 6.45) is 0.681. The Morgan fingerprint density at radius 1 is 1.17 bits per heavy atom. The topological polar surface area (TPSA) is 58.6 Å². The van der Waals surface area contributed by atoms with Gasteiger partial charge in [-0.3, -0.25) is 4.79 Å². The molecule has 0 spiro atoms. The highest BCUT2D eigenvalue weighted by molar-refractivity contribution is 5.91. The second kappa shape index (κ2) is 7.01. The minimum absolute atomic E-state index is 0.105. The van der Waals surface area contributed by atoms with Crippen LogP contribution in [-0.2, 0) is 10.2 Å². The fraction of sp³-hybridized carbons (Fsp3) is 0.316. The van der Waals surface area contributed by atoms with Crippen LogP contribution in [0.1, 0.15) is 18.4 Å². The Kier molecular flexibility index (Phi) is 4.81. The normalized spacial score (nSPS) is 16.2. The molecule has 126 valence electrons. The molecule has 0 heterocycles. The van der Waals surface area contributed by atoms with E-state index in [4.69, 9.17) is 4.74 Å². The van der Waals surface area contributed by atoms with E-state index in [-0.39, 0.29) is 24.9 Å². The number of nitrogens with one attached hydrogen (secondary N) is 1. The van der Waals surface area contributed by atoms with Crippen molar-refractivity contribution in [2.24, 2.45) is 0 Å². The minimum Gasteiger partial charge on any atom is -0.491 e. The van der Waals surface area contributed by atoms with Crippen molar-refractivity contribution >= 4 is 5.91 Å². The molecule has 1 saturated carbocycles. The van der Waals surface area contributed by atoms with Crippen molar-refractivity contribution in [3.05, 3.63) is 66.0 Å². The summed E-state index contributed by atoms with van der Waals surface area (Å²) in [5.74, 6) is 0.226. The first kappa shape index (κ1) is 16.5. The standard InChI is InChI=1S/C19H20FNO3/c20-15-8-6-14(7-9-15)19(10-11-19)18(23)21-12-16(22)13-24-17-4-2-1-3-5-17/h1-9,16,22H,10-13H2,(H,21,23)/t16-/m1/s1. The van der Waals surface area contributed by atoms with E-state index in [9.17, 15) is 14.3 Å². The molecule has 24 heavy (non-hydrogen) atoms. The second-order valence-corrected chi connectivity index (χ2v) is 6.08. The minimum atomic E-state index is -0.793. The van der Waals surface area contributed by atoms with Crippen LogP contribution in [0.25, 0.3) is 0 Å². The van der Waals surface area contributed by atoms with Crippen LogP contribution in [0.4, 0.5) is 4.39 Å². The SMILES string of the molecule is O=C(NC[C@@H](O)COc1ccccc1)C1(c2ccc(F)cc2)CC1. The summed E-state index contributed by atoms with van der Waals surface area (Å²) in [4.78, 5) is 12.4. The van der Waals surface area contributed by atoms with Gasteiger partial charge in [-0.1, -0.05) is 30.3 Å². The number of hydrogen-bond donors (Lipinski definition) is 2. The molecule has 2 aromatic carbocycles. The van der Waals surface area contributed by atoms with Crippen molar-refractivity contribution in [3.63, 3.8) is 0 Å². The van der Waals surface area contributed by atoms with E-state index in [1.807, 2.05) is 18.2 Å². The Labute approximate surface area is 140 Å². The van der Waals surface area contributed by atoms with Crippen LogP contribution in [0.3, 0.4) is 0 Å². The number of halogens is 1. The van der Waals surface area contributed by atoms with Gasteiger partial charge in [0.25, 0.3) is 0 Å². The molecule has 0 unspecified atom stereocenters. The number of para-hydroxylation sites is 1. The third-order valence-corrected chi connectivity index (χ3v) is 4.27. The van der Waals surface area contributed by atoms with Crippen molar-refractivity contribution in [3.8, 4) is 5.75 Å². The van der Waals surface area contributed by atoms with Crippen LogP contribution in [0.2, 0.25) is 0 Å². The number of carbonyl (C=O) groups excluding carboxylic acids is 1. The van der Waals surface area contributed by atoms with Crippen LogP contribution >= 0.6 is 0 Å². The van der Waals surface area contributed by atoms with Gasteiger partial charge >= 0.3 is 0 Å². The summed E-state index contributed by atoms with van der Waals surface area (Å²) >= 11 is 0. The van der Waals surface area contributed by atoms with Gasteiger partial charge in [0.05, 0.1) is 5.41 Å². The molecule has 1 fully saturated rings. The summed E-state index contributed by atoms with van der Waals surface area (Å²) in [5.41, 5.74) is 0.240. The van der Waals surface area contributed by atoms with Crippen molar-refractivity contribution in [1.82, 2.24) is 5.32 Å². The maximum absolute atomic E-state index is 13.0. The van der Waals surface area contributed by atoms with E-state index in [0.717, 1.165) is 18.4 Å². The summed E-state index contributed by atoms with van der Waals surface area (Å²) in [5, 5.41) is 12.7. The number of aliphatic hydroxyl groups is 1. The Morgan fingerprint density at radius 3 is 2.46 bits per heavy atom. The molecule has 0 aliphatic heterocycles. The van der Waals surface area contributed by atoms with Gasteiger partial charge in [-0.15, -0.1) is 0 Å². The summed E-state index contributed by atoms with van der Waals surface area (Å²) in [6.45, 7) is 0.225. The van der Waals surface area contributed by atoms with Gasteiger partial charge < -0.3 is 15.2 Å². The maximum Gasteiger partial charge on any atom is 0.230 e. The molecule has 1 atom stereocenters. The Hall–Kier alpha value is -2.40. The zero-order chi connectivity index (χ0) is 17.0. The second-order valence-electron chi connectivity index (χ2n) is 6.08. The van der Waals surface area contributed by atoms with Crippen molar-refractivity contribution in [2.75, 3.05) is 13.2 Å². The monoisotopic (exact) mass is 329 g/mol. The van der Waals surface area contributed by atoms with Crippen molar-refractivity contribution in [2.45, 2.75) is 24.4 Å². The van der Waals surface area contributed by atoms with Crippen LogP contribution in [-0.4, -0.2) is 30.3 Å². The fourth-order valence-electron chi connectivity index (χ4n) is 2.69. The van der Waals surface area contributed by atoms with Gasteiger partial charge in [0.15, 0.2) is 0 Å². The number of aliphatic hydroxyl groups excluding tert-OH is 1. The van der Waals surface area contributed by atoms with Gasteiger partial charge in [-0.25, -0.2) is 4.39 Å². The van der Waals surface area contributed by atoms with Gasteiger partial charge in [-0.05, 0) is 42.7 Å². The maximum atomic E-state index is 13.0. The zero-order valence-electron chi connectivity index (χ0n) is 13.2. The number of ether oxygens (including phenoxy) is 1. The summed E-state index contributed by atoms with van der Waals surface area (Å²) in [7, 11) is 0. The Balaban J connectivity index is 1.49. The Morgan fingerprint density at radius 2 is 1.83 bits per heavy atom. The molecule has 2 N–H and O–H groups in total. The van der Waals surface area contributed by atoms with E-state index < -0.39 is 11.5 Å². The van der Waals surface area contributed by atoms with Gasteiger partial charge in [0.2, 0.25) is 5.91 Å². The van der Waals surface area contributed by atoms with Crippen LogP contribution in [0, 0.1) is 5.82 Å². The third kappa shape index (κ3) is 3.74. The fourth-order valence-corrected chi connectivity index (χ4v) is 2.69. The molecule has 3 rings (SSSR count). The average molecular weight is 329 g/mol. The molecular weight excluding hydrogens is 309 g/mol. The largest absolute Gasteiger partial charge is 0.491 e. The Bertz CT molecular complexity index is 684. The van der Waals surface area contributed by atoms with Crippen molar-refractivity contribution in [1.29, 1.82) is 0 Å². The molecule has 1 amide bonds. The lowest BCUT2D eigenvalue weighted by molar-refractivity contribution is -0.124. The smallest absolute Gasteiger partial charge is 0.230 e. The lowest BCUT2D eigenvalue weighted by Crippen LogP contribution is -2.40. The van der Waals surface area contributed by atoms with Gasteiger partial charge in [-0.2, -0.15) is 0 Å². The van der Waals surface area contributed by atoms with Gasteiger partial charge in [0.1, 0.15) is 24.3 Å². The highest BCUT2D eigenvalue weighted by Crippen LogP contribution is 2.48. The van der Waals surface area contributed by atoms with Gasteiger partial charge in [0, 0.05) is 6.54 Å². The number of carbonyl (C=O) groups is 1. The summed E-state index contributed by atoms with van der Waals surface area (Å²) in [6, 6.07) is 15.2. The van der Waals surface area contributed by atoms with Crippen LogP contribution in [0.15, 0.2) is 54.6 Å². The number of hydrogen-bond acceptors (Lipinski definition) is 3. The third-order valence-electron chi connectivity index (χ3n) is 4.27. The molecule has 0 saturated heterocycles. The van der Waals surface area contributed by atoms with E-state index in [2.05, 4.69) is 5.32 Å². The molecule has 1 aliphatic carbocycles. The van der Waals surface area contributed by atoms with Crippen LogP contribution < -0.4 is 10.1 Å². The van der Waals surface area contributed by atoms with E-state index >= 15 is 0 Å². The molecule has 0 radical (unpaired) electrons. The molecule has 1 aliphatic rings. The molecule has 5 heteroatoms. The zero-order valence-corrected chi connectivity index (χ0v) is 13.2. The van der Waals surface area contributed by atoms with Crippen molar-refractivity contribution < 1.29 is 19.0 Å². The number of rotatable bonds is 7. The highest BCUT2D eigenvalue weighted by Gasteiger charge is 2.51. The predicted molar refractivity (Wildman–Crippen MR) is 88.3 cm³/mol. The van der Waals surface area contributed by atoms with E-state index in [0.29, 0.717) is 5.75 Å². The quantitative estimate of drug-likeness (QED) is 0.820. The van der Waals surface area contributed by atoms with E-state index in [1.165, 1.54) is 12.1 Å². The number of benzene rings is 2. The molecule has 0 aromatic heterocycles. The average Bonchev–Trinajstić information content (AvgIpc) is 3.41. The first-order chi connectivity index (χ1) is 11.6. The highest BCUT2D eigenvalue weighted by atomic mass is 19.1. The molecule has 0 bridgehead atoms.